The van der Waals surface area contributed by atoms with Crippen LogP contribution in [0.25, 0.3) is 0 Å². The minimum Gasteiger partial charge on any atom is -0.409 e. The van der Waals surface area contributed by atoms with Crippen LogP contribution in [0.5, 0.6) is 0 Å². The molecule has 4 nitrogen and oxygen atoms in total. The van der Waals surface area contributed by atoms with Crippen LogP contribution in [0.1, 0.15) is 18.1 Å². The molecular formula is C9H11ClN2O2. The van der Waals surface area contributed by atoms with Gasteiger partial charge in [0.15, 0.2) is 0 Å². The van der Waals surface area contributed by atoms with Crippen molar-refractivity contribution in [1.29, 1.82) is 0 Å². The van der Waals surface area contributed by atoms with Crippen LogP contribution in [0, 0.1) is 0 Å². The lowest BCUT2D eigenvalue weighted by Crippen LogP contribution is -2.15. The van der Waals surface area contributed by atoms with Gasteiger partial charge < -0.3 is 16.0 Å². The second kappa shape index (κ2) is 4.83. The molecule has 1 aromatic rings. The summed E-state index contributed by atoms with van der Waals surface area (Å²) >= 11 is 5.68. The fraction of sp³-hybridized carbons (Fsp3) is 0.222. The predicted molar refractivity (Wildman–Crippen MR) is 54.4 cm³/mol. The smallest absolute Gasteiger partial charge is 0.142 e. The molecule has 4 N–H and O–H groups in total. The van der Waals surface area contributed by atoms with E-state index in [1.807, 2.05) is 0 Å². The number of nitrogens with zero attached hydrogens (tertiary/aromatic N) is 1. The highest BCUT2D eigenvalue weighted by Crippen LogP contribution is 2.18. The molecule has 0 fully saturated rings. The van der Waals surface area contributed by atoms with Crippen LogP contribution in [0.4, 0.5) is 0 Å². The second-order valence-electron chi connectivity index (χ2n) is 2.86. The molecule has 0 amide bonds. The molecule has 0 radical (unpaired) electrons. The van der Waals surface area contributed by atoms with E-state index in [0.29, 0.717) is 10.6 Å². The molecule has 0 aromatic heterocycles. The van der Waals surface area contributed by atoms with E-state index in [1.165, 1.54) is 0 Å². The second-order valence-corrected chi connectivity index (χ2v) is 3.30. The summed E-state index contributed by atoms with van der Waals surface area (Å²) in [7, 11) is 0. The summed E-state index contributed by atoms with van der Waals surface area (Å²) in [6, 6.07) is 6.73. The number of halogens is 1. The van der Waals surface area contributed by atoms with E-state index >= 15 is 0 Å². The summed E-state index contributed by atoms with van der Waals surface area (Å²) in [4.78, 5) is 0. The van der Waals surface area contributed by atoms with Crippen LogP contribution in [0.15, 0.2) is 29.4 Å². The van der Waals surface area contributed by atoms with Crippen LogP contribution < -0.4 is 5.73 Å². The van der Waals surface area contributed by atoms with Gasteiger partial charge in [-0.15, -0.1) is 0 Å². The first kappa shape index (κ1) is 10.8. The standard InChI is InChI=1S/C9H11ClN2O2/c10-7-3-1-6(2-4-7)8(13)5-9(11)12-14/h1-4,8,13-14H,5H2,(H2,11,12). The van der Waals surface area contributed by atoms with Gasteiger partial charge in [-0.2, -0.15) is 0 Å². The molecule has 0 saturated carbocycles. The first-order valence-corrected chi connectivity index (χ1v) is 4.41. The molecule has 1 aromatic carbocycles. The van der Waals surface area contributed by atoms with Crippen LogP contribution in [-0.2, 0) is 0 Å². The zero-order chi connectivity index (χ0) is 10.6. The van der Waals surface area contributed by atoms with E-state index in [4.69, 9.17) is 22.5 Å². The topological polar surface area (TPSA) is 78.8 Å². The molecule has 0 heterocycles. The number of aliphatic hydroxyl groups excluding tert-OH is 1. The molecule has 5 heteroatoms. The van der Waals surface area contributed by atoms with Crippen molar-refractivity contribution < 1.29 is 10.3 Å². The fourth-order valence-electron chi connectivity index (χ4n) is 1.04. The van der Waals surface area contributed by atoms with Gasteiger partial charge in [-0.05, 0) is 17.7 Å². The number of benzene rings is 1. The average molecular weight is 215 g/mol. The van der Waals surface area contributed by atoms with Gasteiger partial charge in [0, 0.05) is 11.4 Å². The number of rotatable bonds is 3. The third-order valence-corrected chi connectivity index (χ3v) is 2.04. The van der Waals surface area contributed by atoms with Gasteiger partial charge >= 0.3 is 0 Å². The zero-order valence-corrected chi connectivity index (χ0v) is 8.15. The maximum atomic E-state index is 9.60. The first-order valence-electron chi connectivity index (χ1n) is 4.03. The number of hydrogen-bond donors (Lipinski definition) is 3. The van der Waals surface area contributed by atoms with Gasteiger partial charge in [0.05, 0.1) is 6.10 Å². The van der Waals surface area contributed by atoms with Crippen molar-refractivity contribution in [2.45, 2.75) is 12.5 Å². The molecular weight excluding hydrogens is 204 g/mol. The van der Waals surface area contributed by atoms with E-state index in [1.54, 1.807) is 24.3 Å². The number of aliphatic hydroxyl groups is 1. The largest absolute Gasteiger partial charge is 0.409 e. The lowest BCUT2D eigenvalue weighted by Gasteiger charge is -2.09. The monoisotopic (exact) mass is 214 g/mol. The quantitative estimate of drug-likeness (QED) is 0.309. The third-order valence-electron chi connectivity index (χ3n) is 1.79. The summed E-state index contributed by atoms with van der Waals surface area (Å²) in [5.41, 5.74) is 5.94. The minimum atomic E-state index is -0.775. The van der Waals surface area contributed by atoms with Gasteiger partial charge in [0.25, 0.3) is 0 Å². The van der Waals surface area contributed by atoms with Gasteiger partial charge in [0.1, 0.15) is 5.84 Å². The highest BCUT2D eigenvalue weighted by molar-refractivity contribution is 6.30. The van der Waals surface area contributed by atoms with E-state index in [0.717, 1.165) is 0 Å². The molecule has 0 aliphatic rings. The molecule has 1 atom stereocenters. The van der Waals surface area contributed by atoms with Crippen molar-refractivity contribution in [1.82, 2.24) is 0 Å². The normalized spacial score (nSPS) is 14.0. The molecule has 0 aliphatic carbocycles. The van der Waals surface area contributed by atoms with Crippen molar-refractivity contribution in [3.63, 3.8) is 0 Å². The Labute approximate surface area is 86.6 Å². The minimum absolute atomic E-state index is 0.00699. The zero-order valence-electron chi connectivity index (χ0n) is 7.39. The van der Waals surface area contributed by atoms with Crippen molar-refractivity contribution in [3.8, 4) is 0 Å². The van der Waals surface area contributed by atoms with E-state index < -0.39 is 6.10 Å². The molecule has 76 valence electrons. The molecule has 0 spiro atoms. The Morgan fingerprint density at radius 2 is 2.00 bits per heavy atom. The summed E-state index contributed by atoms with van der Waals surface area (Å²) < 4.78 is 0. The molecule has 0 bridgehead atoms. The Morgan fingerprint density at radius 3 is 2.50 bits per heavy atom. The Bertz CT molecular complexity index is 324. The van der Waals surface area contributed by atoms with Crippen LogP contribution >= 0.6 is 11.6 Å². The number of amidine groups is 1. The highest BCUT2D eigenvalue weighted by Gasteiger charge is 2.09. The molecule has 14 heavy (non-hydrogen) atoms. The van der Waals surface area contributed by atoms with Crippen molar-refractivity contribution in [2.75, 3.05) is 0 Å². The Morgan fingerprint density at radius 1 is 1.43 bits per heavy atom. The lowest BCUT2D eigenvalue weighted by molar-refractivity contribution is 0.184. The summed E-state index contributed by atoms with van der Waals surface area (Å²) in [6.07, 6.45) is -0.679. The number of nitrogens with two attached hydrogens (primary N) is 1. The van der Waals surface area contributed by atoms with E-state index in [-0.39, 0.29) is 12.3 Å². The van der Waals surface area contributed by atoms with Gasteiger partial charge in [0.2, 0.25) is 0 Å². The predicted octanol–water partition coefficient (Wildman–Crippen LogP) is 1.51. The third kappa shape index (κ3) is 2.90. The summed E-state index contributed by atoms with van der Waals surface area (Å²) in [5.74, 6) is -0.00699. The number of hydrogen-bond acceptors (Lipinski definition) is 3. The summed E-state index contributed by atoms with van der Waals surface area (Å²) in [6.45, 7) is 0. The van der Waals surface area contributed by atoms with Gasteiger partial charge in [-0.25, -0.2) is 0 Å². The van der Waals surface area contributed by atoms with Gasteiger partial charge in [-0.1, -0.05) is 28.9 Å². The Balaban J connectivity index is 2.70. The SMILES string of the molecule is N/C(CC(O)c1ccc(Cl)cc1)=N\O. The molecule has 0 aliphatic heterocycles. The van der Waals surface area contributed by atoms with Crippen LogP contribution in [0.3, 0.4) is 0 Å². The van der Waals surface area contributed by atoms with Crippen molar-refractivity contribution in [2.24, 2.45) is 10.9 Å². The molecule has 1 unspecified atom stereocenters. The van der Waals surface area contributed by atoms with E-state index in [2.05, 4.69) is 5.16 Å². The number of oxime groups is 1. The molecule has 1 rings (SSSR count). The Kier molecular flexibility index (Phi) is 3.73. The van der Waals surface area contributed by atoms with E-state index in [9.17, 15) is 5.11 Å². The average Bonchev–Trinajstić information content (AvgIpc) is 2.18. The highest BCUT2D eigenvalue weighted by atomic mass is 35.5. The molecule has 0 saturated heterocycles. The Hall–Kier alpha value is -1.26. The summed E-state index contributed by atoms with van der Waals surface area (Å²) in [5, 5.41) is 21.3. The fourth-order valence-corrected chi connectivity index (χ4v) is 1.17. The van der Waals surface area contributed by atoms with Crippen LogP contribution in [-0.4, -0.2) is 16.1 Å². The maximum Gasteiger partial charge on any atom is 0.142 e. The van der Waals surface area contributed by atoms with Crippen LogP contribution in [0.2, 0.25) is 5.02 Å². The maximum absolute atomic E-state index is 9.60. The van der Waals surface area contributed by atoms with Gasteiger partial charge in [-0.3, -0.25) is 0 Å². The van der Waals surface area contributed by atoms with Crippen molar-refractivity contribution in [3.05, 3.63) is 34.9 Å². The lowest BCUT2D eigenvalue weighted by atomic mass is 10.1. The first-order chi connectivity index (χ1) is 6.63. The van der Waals surface area contributed by atoms with Crippen molar-refractivity contribution >= 4 is 17.4 Å².